The van der Waals surface area contributed by atoms with Crippen LogP contribution in [0.1, 0.15) is 13.8 Å². The zero-order valence-corrected chi connectivity index (χ0v) is 11.1. The van der Waals surface area contributed by atoms with Gasteiger partial charge < -0.3 is 20.1 Å². The van der Waals surface area contributed by atoms with E-state index in [-0.39, 0.29) is 12.2 Å². The largest absolute Gasteiger partial charge is 0.351 e. The Morgan fingerprint density at radius 2 is 1.89 bits per heavy atom. The van der Waals surface area contributed by atoms with Crippen molar-refractivity contribution >= 4 is 11.7 Å². The first kappa shape index (κ1) is 15.4. The first-order chi connectivity index (χ1) is 9.17. The second-order valence-electron chi connectivity index (χ2n) is 3.66. The third-order valence-electron chi connectivity index (χ3n) is 2.26. The number of para-hydroxylation sites is 1. The zero-order valence-electron chi connectivity index (χ0n) is 11.1. The highest BCUT2D eigenvalue weighted by Gasteiger charge is 2.11. The van der Waals surface area contributed by atoms with Crippen molar-refractivity contribution in [3.8, 4) is 0 Å². The molecule has 0 heterocycles. The van der Waals surface area contributed by atoms with Crippen LogP contribution in [0.3, 0.4) is 0 Å². The van der Waals surface area contributed by atoms with E-state index in [4.69, 9.17) is 9.47 Å². The topological polar surface area (TPSA) is 59.6 Å². The molecule has 0 radical (unpaired) electrons. The minimum absolute atomic E-state index is 0.129. The Kier molecular flexibility index (Phi) is 6.84. The minimum atomic E-state index is -0.505. The summed E-state index contributed by atoms with van der Waals surface area (Å²) in [4.78, 5) is 11.6. The van der Waals surface area contributed by atoms with Gasteiger partial charge in [-0.05, 0) is 26.0 Å². The molecule has 1 rings (SSSR count). The molecule has 0 fully saturated rings. The van der Waals surface area contributed by atoms with E-state index in [1.165, 1.54) is 12.1 Å². The molecule has 0 aromatic heterocycles. The number of urea groups is 1. The van der Waals surface area contributed by atoms with Crippen LogP contribution in [0.5, 0.6) is 0 Å². The average molecular weight is 270 g/mol. The number of anilines is 1. The van der Waals surface area contributed by atoms with Crippen LogP contribution < -0.4 is 10.6 Å². The van der Waals surface area contributed by atoms with E-state index in [0.717, 1.165) is 0 Å². The molecule has 5 nitrogen and oxygen atoms in total. The van der Waals surface area contributed by atoms with Crippen LogP contribution in [0.4, 0.5) is 14.9 Å². The number of carbonyl (C=O) groups is 1. The number of hydrogen-bond donors (Lipinski definition) is 2. The van der Waals surface area contributed by atoms with E-state index in [2.05, 4.69) is 10.6 Å². The Labute approximate surface area is 112 Å². The van der Waals surface area contributed by atoms with Gasteiger partial charge >= 0.3 is 6.03 Å². The summed E-state index contributed by atoms with van der Waals surface area (Å²) in [5.74, 6) is -0.483. The number of halogens is 1. The van der Waals surface area contributed by atoms with Gasteiger partial charge in [0, 0.05) is 13.2 Å². The number of rotatable bonds is 7. The summed E-state index contributed by atoms with van der Waals surface area (Å²) in [7, 11) is 0. The Bertz CT molecular complexity index is 395. The van der Waals surface area contributed by atoms with Crippen LogP contribution in [0, 0.1) is 5.82 Å². The third kappa shape index (κ3) is 5.67. The highest BCUT2D eigenvalue weighted by molar-refractivity contribution is 5.89. The molecule has 0 atom stereocenters. The molecule has 1 aromatic rings. The summed E-state index contributed by atoms with van der Waals surface area (Å²) in [6, 6.07) is 5.45. The van der Waals surface area contributed by atoms with E-state index in [0.29, 0.717) is 13.2 Å². The van der Waals surface area contributed by atoms with Gasteiger partial charge in [0.1, 0.15) is 5.82 Å². The van der Waals surface area contributed by atoms with Gasteiger partial charge in [-0.25, -0.2) is 9.18 Å². The van der Waals surface area contributed by atoms with Gasteiger partial charge in [-0.15, -0.1) is 0 Å². The summed E-state index contributed by atoms with van der Waals surface area (Å²) in [5.41, 5.74) is 0.129. The van der Waals surface area contributed by atoms with Crippen LogP contribution in [0.15, 0.2) is 24.3 Å². The number of nitrogens with one attached hydrogen (secondary N) is 2. The summed E-state index contributed by atoms with van der Waals surface area (Å²) in [6.45, 7) is 4.85. The lowest BCUT2D eigenvalue weighted by molar-refractivity contribution is -0.131. The van der Waals surface area contributed by atoms with Crippen LogP contribution in [-0.2, 0) is 9.47 Å². The maximum absolute atomic E-state index is 13.3. The lowest BCUT2D eigenvalue weighted by atomic mass is 10.3. The van der Waals surface area contributed by atoms with Crippen LogP contribution in [-0.4, -0.2) is 32.1 Å². The predicted octanol–water partition coefficient (Wildman–Crippen LogP) is 2.35. The minimum Gasteiger partial charge on any atom is -0.351 e. The van der Waals surface area contributed by atoms with Crippen molar-refractivity contribution in [1.82, 2.24) is 5.32 Å². The number of hydrogen-bond acceptors (Lipinski definition) is 3. The Morgan fingerprint density at radius 3 is 2.47 bits per heavy atom. The molecular formula is C13H19FN2O3. The zero-order chi connectivity index (χ0) is 14.1. The smallest absolute Gasteiger partial charge is 0.319 e. The first-order valence-electron chi connectivity index (χ1n) is 6.20. The maximum Gasteiger partial charge on any atom is 0.319 e. The molecule has 106 valence electrons. The van der Waals surface area contributed by atoms with Gasteiger partial charge in [0.05, 0.1) is 12.2 Å². The van der Waals surface area contributed by atoms with E-state index < -0.39 is 18.1 Å². The molecule has 0 saturated carbocycles. The fourth-order valence-electron chi connectivity index (χ4n) is 1.44. The van der Waals surface area contributed by atoms with Gasteiger partial charge in [0.15, 0.2) is 6.29 Å². The molecule has 6 heteroatoms. The molecule has 0 unspecified atom stereocenters. The van der Waals surface area contributed by atoms with Crippen molar-refractivity contribution in [2.45, 2.75) is 20.1 Å². The van der Waals surface area contributed by atoms with E-state index in [1.807, 2.05) is 13.8 Å². The SMILES string of the molecule is CCOC(CNC(=O)Nc1ccccc1F)OCC. The van der Waals surface area contributed by atoms with Gasteiger partial charge in [0.25, 0.3) is 0 Å². The van der Waals surface area contributed by atoms with Crippen LogP contribution in [0.2, 0.25) is 0 Å². The quantitative estimate of drug-likeness (QED) is 0.748. The standard InChI is InChI=1S/C13H19FN2O3/c1-3-18-12(19-4-2)9-15-13(17)16-11-8-6-5-7-10(11)14/h5-8,12H,3-4,9H2,1-2H3,(H2,15,16,17). The summed E-state index contributed by atoms with van der Waals surface area (Å²) >= 11 is 0. The molecule has 2 N–H and O–H groups in total. The Morgan fingerprint density at radius 1 is 1.26 bits per heavy atom. The van der Waals surface area contributed by atoms with Crippen LogP contribution in [0.25, 0.3) is 0 Å². The third-order valence-corrected chi connectivity index (χ3v) is 2.26. The van der Waals surface area contributed by atoms with Crippen molar-refractivity contribution < 1.29 is 18.7 Å². The fourth-order valence-corrected chi connectivity index (χ4v) is 1.44. The second kappa shape index (κ2) is 8.44. The molecule has 0 aliphatic heterocycles. The normalized spacial score (nSPS) is 10.5. The monoisotopic (exact) mass is 270 g/mol. The average Bonchev–Trinajstić information content (AvgIpc) is 2.39. The lowest BCUT2D eigenvalue weighted by Crippen LogP contribution is -2.38. The molecule has 0 bridgehead atoms. The molecule has 1 aromatic carbocycles. The van der Waals surface area contributed by atoms with E-state index in [1.54, 1.807) is 12.1 Å². The first-order valence-corrected chi connectivity index (χ1v) is 6.20. The number of carbonyl (C=O) groups excluding carboxylic acids is 1. The van der Waals surface area contributed by atoms with Crippen molar-refractivity contribution in [2.75, 3.05) is 25.1 Å². The molecule has 0 aliphatic rings. The number of amides is 2. The highest BCUT2D eigenvalue weighted by Crippen LogP contribution is 2.11. The van der Waals surface area contributed by atoms with Gasteiger partial charge in [-0.2, -0.15) is 0 Å². The lowest BCUT2D eigenvalue weighted by Gasteiger charge is -2.17. The van der Waals surface area contributed by atoms with Crippen molar-refractivity contribution in [3.63, 3.8) is 0 Å². The van der Waals surface area contributed by atoms with E-state index in [9.17, 15) is 9.18 Å². The van der Waals surface area contributed by atoms with Crippen molar-refractivity contribution in [2.24, 2.45) is 0 Å². The summed E-state index contributed by atoms with van der Waals surface area (Å²) in [6.07, 6.45) is -0.499. The van der Waals surface area contributed by atoms with Crippen molar-refractivity contribution in [1.29, 1.82) is 0 Å². The highest BCUT2D eigenvalue weighted by atomic mass is 19.1. The molecular weight excluding hydrogens is 251 g/mol. The van der Waals surface area contributed by atoms with Gasteiger partial charge in [0.2, 0.25) is 0 Å². The molecule has 19 heavy (non-hydrogen) atoms. The molecule has 0 aliphatic carbocycles. The Hall–Kier alpha value is -1.66. The van der Waals surface area contributed by atoms with Crippen molar-refractivity contribution in [3.05, 3.63) is 30.1 Å². The summed E-state index contributed by atoms with van der Waals surface area (Å²) in [5, 5.41) is 4.97. The second-order valence-corrected chi connectivity index (χ2v) is 3.66. The van der Waals surface area contributed by atoms with Crippen LogP contribution >= 0.6 is 0 Å². The summed E-state index contributed by atoms with van der Waals surface area (Å²) < 4.78 is 23.8. The maximum atomic E-state index is 13.3. The predicted molar refractivity (Wildman–Crippen MR) is 70.5 cm³/mol. The van der Waals surface area contributed by atoms with Gasteiger partial charge in [-0.1, -0.05) is 12.1 Å². The van der Waals surface area contributed by atoms with E-state index >= 15 is 0 Å². The molecule has 0 spiro atoms. The molecule has 0 saturated heterocycles. The number of ether oxygens (including phenoxy) is 2. The fraction of sp³-hybridized carbons (Fsp3) is 0.462. The molecule has 2 amide bonds. The number of benzene rings is 1. The van der Waals surface area contributed by atoms with Gasteiger partial charge in [-0.3, -0.25) is 0 Å². The Balaban J connectivity index is 2.40.